The van der Waals surface area contributed by atoms with Gasteiger partial charge in [0.2, 0.25) is 11.7 Å². The van der Waals surface area contributed by atoms with Crippen molar-refractivity contribution in [3.63, 3.8) is 0 Å². The third-order valence-corrected chi connectivity index (χ3v) is 3.34. The second-order valence-electron chi connectivity index (χ2n) is 5.17. The molecule has 0 aliphatic heterocycles. The highest BCUT2D eigenvalue weighted by Crippen LogP contribution is 2.16. The van der Waals surface area contributed by atoms with Crippen LogP contribution < -0.4 is 16.4 Å². The van der Waals surface area contributed by atoms with Gasteiger partial charge in [0.15, 0.2) is 0 Å². The van der Waals surface area contributed by atoms with E-state index in [1.807, 2.05) is 0 Å². The lowest BCUT2D eigenvalue weighted by atomic mass is 10.1. The summed E-state index contributed by atoms with van der Waals surface area (Å²) in [4.78, 5) is 38.2. The SMILES string of the molecule is Cc1nc([N+](=O)[O-])cn1CC(=O)Nc1ccccc1C(=O)NCCN.Cl. The Balaban J connectivity index is 0.00000338. The Labute approximate surface area is 155 Å². The van der Waals surface area contributed by atoms with Crippen LogP contribution >= 0.6 is 12.4 Å². The molecule has 0 saturated carbocycles. The maximum absolute atomic E-state index is 12.2. The fraction of sp³-hybridized carbons (Fsp3) is 0.267. The molecule has 1 aromatic heterocycles. The number of para-hydroxylation sites is 1. The molecule has 1 heterocycles. The number of benzene rings is 1. The first-order valence-electron chi connectivity index (χ1n) is 7.47. The van der Waals surface area contributed by atoms with Gasteiger partial charge in [0.1, 0.15) is 12.7 Å². The zero-order valence-electron chi connectivity index (χ0n) is 14.0. The van der Waals surface area contributed by atoms with Gasteiger partial charge in [0.05, 0.1) is 11.3 Å². The fourth-order valence-electron chi connectivity index (χ4n) is 2.16. The highest BCUT2D eigenvalue weighted by molar-refractivity contribution is 6.03. The zero-order valence-corrected chi connectivity index (χ0v) is 14.8. The summed E-state index contributed by atoms with van der Waals surface area (Å²) in [6.45, 7) is 2.03. The molecule has 0 bridgehead atoms. The van der Waals surface area contributed by atoms with Gasteiger partial charge in [-0.3, -0.25) is 14.2 Å². The summed E-state index contributed by atoms with van der Waals surface area (Å²) < 4.78 is 1.37. The molecule has 1 aromatic carbocycles. The maximum Gasteiger partial charge on any atom is 0.381 e. The quantitative estimate of drug-likeness (QED) is 0.478. The monoisotopic (exact) mass is 382 g/mol. The van der Waals surface area contributed by atoms with Crippen LogP contribution in [0.15, 0.2) is 30.5 Å². The smallest absolute Gasteiger partial charge is 0.358 e. The van der Waals surface area contributed by atoms with Crippen molar-refractivity contribution in [2.24, 2.45) is 5.73 Å². The fourth-order valence-corrected chi connectivity index (χ4v) is 2.16. The van der Waals surface area contributed by atoms with Gasteiger partial charge >= 0.3 is 5.82 Å². The summed E-state index contributed by atoms with van der Waals surface area (Å²) in [7, 11) is 0. The zero-order chi connectivity index (χ0) is 18.4. The number of halogens is 1. The van der Waals surface area contributed by atoms with E-state index in [2.05, 4.69) is 15.6 Å². The molecule has 0 fully saturated rings. The number of nitrogens with one attached hydrogen (secondary N) is 2. The van der Waals surface area contributed by atoms with Crippen molar-refractivity contribution in [2.75, 3.05) is 18.4 Å². The van der Waals surface area contributed by atoms with E-state index in [0.717, 1.165) is 0 Å². The second-order valence-corrected chi connectivity index (χ2v) is 5.17. The molecule has 0 aliphatic carbocycles. The van der Waals surface area contributed by atoms with Crippen LogP contribution in [-0.4, -0.2) is 39.4 Å². The van der Waals surface area contributed by atoms with Crippen molar-refractivity contribution in [1.29, 1.82) is 0 Å². The summed E-state index contributed by atoms with van der Waals surface area (Å²) in [6, 6.07) is 6.53. The molecule has 140 valence electrons. The minimum Gasteiger partial charge on any atom is -0.358 e. The number of amides is 2. The van der Waals surface area contributed by atoms with Crippen LogP contribution in [-0.2, 0) is 11.3 Å². The third-order valence-electron chi connectivity index (χ3n) is 3.34. The van der Waals surface area contributed by atoms with E-state index in [4.69, 9.17) is 5.73 Å². The number of aromatic nitrogens is 2. The average molecular weight is 383 g/mol. The molecular formula is C15H19ClN6O4. The minimum absolute atomic E-state index is 0. The molecule has 2 aromatic rings. The number of carbonyl (C=O) groups is 2. The summed E-state index contributed by atoms with van der Waals surface area (Å²) in [5.74, 6) is -0.770. The highest BCUT2D eigenvalue weighted by atomic mass is 35.5. The number of aryl methyl sites for hydroxylation is 1. The summed E-state index contributed by atoms with van der Waals surface area (Å²) in [5.41, 5.74) is 6.00. The lowest BCUT2D eigenvalue weighted by Gasteiger charge is -2.11. The largest absolute Gasteiger partial charge is 0.381 e. The lowest BCUT2D eigenvalue weighted by molar-refractivity contribution is -0.389. The number of hydrogen-bond acceptors (Lipinski definition) is 6. The average Bonchev–Trinajstić information content (AvgIpc) is 2.94. The third kappa shape index (κ3) is 5.26. The first kappa shape index (κ1) is 21.1. The van der Waals surface area contributed by atoms with Crippen molar-refractivity contribution in [3.8, 4) is 0 Å². The predicted molar refractivity (Wildman–Crippen MR) is 97.3 cm³/mol. The number of anilines is 1. The van der Waals surface area contributed by atoms with Crippen LogP contribution in [0.1, 0.15) is 16.2 Å². The molecule has 0 spiro atoms. The molecule has 11 heteroatoms. The van der Waals surface area contributed by atoms with Gasteiger partial charge in [0.25, 0.3) is 5.91 Å². The number of carbonyl (C=O) groups excluding carboxylic acids is 2. The van der Waals surface area contributed by atoms with Crippen molar-refractivity contribution in [3.05, 3.63) is 52.0 Å². The standard InChI is InChI=1S/C15H18N6O4.ClH/c1-10-18-13(21(24)25)8-20(10)9-14(22)19-12-5-3-2-4-11(12)15(23)17-7-6-16;/h2-5,8H,6-7,9,16H2,1H3,(H,17,23)(H,19,22);1H. The van der Waals surface area contributed by atoms with Crippen LogP contribution in [0.25, 0.3) is 0 Å². The van der Waals surface area contributed by atoms with Gasteiger partial charge in [-0.1, -0.05) is 12.1 Å². The number of rotatable bonds is 7. The number of nitrogens with zero attached hydrogens (tertiary/aromatic N) is 3. The van der Waals surface area contributed by atoms with Gasteiger partial charge in [-0.2, -0.15) is 0 Å². The Hall–Kier alpha value is -2.98. The predicted octanol–water partition coefficient (Wildman–Crippen LogP) is 0.849. The van der Waals surface area contributed by atoms with Gasteiger partial charge < -0.3 is 26.5 Å². The molecular weight excluding hydrogens is 364 g/mol. The van der Waals surface area contributed by atoms with Gasteiger partial charge in [-0.15, -0.1) is 12.4 Å². The molecule has 2 rings (SSSR count). The van der Waals surface area contributed by atoms with Crippen LogP contribution in [0, 0.1) is 17.0 Å². The Morgan fingerprint density at radius 3 is 2.65 bits per heavy atom. The van der Waals surface area contributed by atoms with Gasteiger partial charge in [0, 0.05) is 20.0 Å². The van der Waals surface area contributed by atoms with Crippen LogP contribution in [0.5, 0.6) is 0 Å². The summed E-state index contributed by atoms with van der Waals surface area (Å²) in [5, 5.41) is 16.0. The van der Waals surface area contributed by atoms with Gasteiger partial charge in [-0.25, -0.2) is 0 Å². The van der Waals surface area contributed by atoms with E-state index >= 15 is 0 Å². The summed E-state index contributed by atoms with van der Waals surface area (Å²) >= 11 is 0. The van der Waals surface area contributed by atoms with Crippen LogP contribution in [0.2, 0.25) is 0 Å². The van der Waals surface area contributed by atoms with Crippen LogP contribution in [0.4, 0.5) is 11.5 Å². The minimum atomic E-state index is -0.627. The first-order valence-corrected chi connectivity index (χ1v) is 7.47. The maximum atomic E-state index is 12.2. The van der Waals surface area contributed by atoms with E-state index in [1.54, 1.807) is 31.2 Å². The van der Waals surface area contributed by atoms with Crippen molar-refractivity contribution in [2.45, 2.75) is 13.5 Å². The molecule has 0 unspecified atom stereocenters. The number of imidazole rings is 1. The normalized spacial score (nSPS) is 9.92. The van der Waals surface area contributed by atoms with Gasteiger partial charge in [-0.05, 0) is 22.0 Å². The number of hydrogen-bond donors (Lipinski definition) is 3. The van der Waals surface area contributed by atoms with E-state index in [1.165, 1.54) is 10.8 Å². The second kappa shape index (κ2) is 9.49. The van der Waals surface area contributed by atoms with Crippen molar-refractivity contribution in [1.82, 2.24) is 14.9 Å². The van der Waals surface area contributed by atoms with E-state index in [0.29, 0.717) is 30.2 Å². The van der Waals surface area contributed by atoms with E-state index in [9.17, 15) is 19.7 Å². The molecule has 0 saturated heterocycles. The number of nitro groups is 1. The molecule has 0 atom stereocenters. The Morgan fingerprint density at radius 1 is 1.35 bits per heavy atom. The number of nitrogens with two attached hydrogens (primary N) is 1. The summed E-state index contributed by atoms with van der Waals surface area (Å²) in [6.07, 6.45) is 1.19. The van der Waals surface area contributed by atoms with E-state index < -0.39 is 10.8 Å². The molecule has 26 heavy (non-hydrogen) atoms. The molecule has 10 nitrogen and oxygen atoms in total. The van der Waals surface area contributed by atoms with E-state index in [-0.39, 0.29) is 30.7 Å². The Kier molecular flexibility index (Phi) is 7.69. The molecule has 0 aliphatic rings. The molecule has 2 amide bonds. The van der Waals surface area contributed by atoms with Crippen molar-refractivity contribution < 1.29 is 14.5 Å². The highest BCUT2D eigenvalue weighted by Gasteiger charge is 2.18. The first-order chi connectivity index (χ1) is 11.9. The molecule has 0 radical (unpaired) electrons. The lowest BCUT2D eigenvalue weighted by Crippen LogP contribution is -2.30. The van der Waals surface area contributed by atoms with Crippen molar-refractivity contribution >= 4 is 35.7 Å². The topological polar surface area (TPSA) is 145 Å². The molecule has 4 N–H and O–H groups in total. The Bertz CT molecular complexity index is 807. The van der Waals surface area contributed by atoms with Crippen LogP contribution in [0.3, 0.4) is 0 Å². The Morgan fingerprint density at radius 2 is 2.04 bits per heavy atom.